The van der Waals surface area contributed by atoms with Crippen molar-refractivity contribution in [1.82, 2.24) is 10.3 Å². The van der Waals surface area contributed by atoms with E-state index in [4.69, 9.17) is 12.2 Å². The molecule has 0 spiro atoms. The molecule has 3 nitrogen and oxygen atoms in total. The Balaban J connectivity index is 2.11. The molecular weight excluding hydrogens is 288 g/mol. The third-order valence-corrected chi connectivity index (χ3v) is 4.11. The predicted octanol–water partition coefficient (Wildman–Crippen LogP) is 3.96. The van der Waals surface area contributed by atoms with Crippen molar-refractivity contribution in [2.24, 2.45) is 0 Å². The maximum Gasteiger partial charge on any atom is 0.254 e. The molecule has 0 saturated heterocycles. The number of pyridine rings is 1. The van der Waals surface area contributed by atoms with E-state index in [1.165, 1.54) is 4.90 Å². The van der Waals surface area contributed by atoms with Crippen LogP contribution in [0.25, 0.3) is 0 Å². The fraction of sp³-hybridized carbons (Fsp3) is 0.200. The van der Waals surface area contributed by atoms with Gasteiger partial charge in [0.1, 0.15) is 4.64 Å². The van der Waals surface area contributed by atoms with E-state index in [1.807, 2.05) is 25.3 Å². The van der Waals surface area contributed by atoms with E-state index in [0.29, 0.717) is 10.2 Å². The molecule has 104 valence electrons. The normalized spacial score (nSPS) is 11.9. The van der Waals surface area contributed by atoms with Crippen LogP contribution >= 0.6 is 24.0 Å². The molecule has 2 N–H and O–H groups in total. The molecule has 0 fully saturated rings. The molecule has 0 saturated carbocycles. The number of hydrogen-bond acceptors (Lipinski definition) is 3. The number of thioether (sulfide) groups is 1. The highest BCUT2D eigenvalue weighted by Gasteiger charge is 2.12. The van der Waals surface area contributed by atoms with Crippen molar-refractivity contribution in [3.63, 3.8) is 0 Å². The quantitative estimate of drug-likeness (QED) is 0.664. The van der Waals surface area contributed by atoms with Gasteiger partial charge in [0.25, 0.3) is 5.91 Å². The van der Waals surface area contributed by atoms with Crippen LogP contribution in [-0.4, -0.2) is 17.1 Å². The van der Waals surface area contributed by atoms with Crippen LogP contribution in [0.2, 0.25) is 0 Å². The summed E-state index contributed by atoms with van der Waals surface area (Å²) in [5.41, 5.74) is 1.57. The van der Waals surface area contributed by atoms with Gasteiger partial charge in [0, 0.05) is 11.1 Å². The molecule has 0 aliphatic heterocycles. The number of hydrogen-bond donors (Lipinski definition) is 2. The monoisotopic (exact) mass is 304 g/mol. The van der Waals surface area contributed by atoms with Gasteiger partial charge >= 0.3 is 0 Å². The highest BCUT2D eigenvalue weighted by atomic mass is 32.2. The Hall–Kier alpha value is -1.59. The fourth-order valence-electron chi connectivity index (χ4n) is 1.85. The summed E-state index contributed by atoms with van der Waals surface area (Å²) in [6.07, 6.45) is 3.75. The summed E-state index contributed by atoms with van der Waals surface area (Å²) in [5.74, 6) is -0.159. The van der Waals surface area contributed by atoms with Crippen LogP contribution in [0.1, 0.15) is 28.9 Å². The topological polar surface area (TPSA) is 44.9 Å². The van der Waals surface area contributed by atoms with E-state index < -0.39 is 0 Å². The second kappa shape index (κ2) is 6.72. The third-order valence-electron chi connectivity index (χ3n) is 3.03. The molecule has 0 radical (unpaired) electrons. The van der Waals surface area contributed by atoms with E-state index in [9.17, 15) is 4.79 Å². The number of benzene rings is 1. The van der Waals surface area contributed by atoms with Crippen LogP contribution in [0.4, 0.5) is 0 Å². The van der Waals surface area contributed by atoms with Gasteiger partial charge in [-0.25, -0.2) is 0 Å². The van der Waals surface area contributed by atoms with E-state index in [-0.39, 0.29) is 11.9 Å². The van der Waals surface area contributed by atoms with Crippen LogP contribution in [0, 0.1) is 4.64 Å². The van der Waals surface area contributed by atoms with Crippen LogP contribution in [0.3, 0.4) is 0 Å². The number of carbonyl (C=O) groups is 1. The molecule has 1 aromatic heterocycles. The second-order valence-electron chi connectivity index (χ2n) is 4.38. The lowest BCUT2D eigenvalue weighted by atomic mass is 10.1. The number of rotatable bonds is 4. The average molecular weight is 304 g/mol. The Labute approximate surface area is 127 Å². The summed E-state index contributed by atoms with van der Waals surface area (Å²) >= 11 is 6.81. The standard InChI is InChI=1S/C15H16N2OS2/c1-10(11-5-7-12(20-2)8-6-11)17-14(18)13-4-3-9-16-15(13)19/h3-10H,1-2H3,(H,16,19)(H,17,18). The Kier molecular flexibility index (Phi) is 4.98. The lowest BCUT2D eigenvalue weighted by Crippen LogP contribution is -2.27. The van der Waals surface area contributed by atoms with Crippen molar-refractivity contribution in [3.8, 4) is 0 Å². The Morgan fingerprint density at radius 1 is 1.30 bits per heavy atom. The second-order valence-corrected chi connectivity index (χ2v) is 5.67. The van der Waals surface area contributed by atoms with Crippen molar-refractivity contribution >= 4 is 29.9 Å². The number of H-pyrrole nitrogens is 1. The maximum absolute atomic E-state index is 12.2. The van der Waals surface area contributed by atoms with Gasteiger partial charge < -0.3 is 10.3 Å². The Morgan fingerprint density at radius 3 is 2.60 bits per heavy atom. The molecule has 20 heavy (non-hydrogen) atoms. The van der Waals surface area contributed by atoms with Gasteiger partial charge in [-0.1, -0.05) is 24.4 Å². The summed E-state index contributed by atoms with van der Waals surface area (Å²) < 4.78 is 0.454. The minimum absolute atomic E-state index is 0.0620. The SMILES string of the molecule is CSc1ccc(C(C)NC(=O)c2ccc[nH]c2=S)cc1. The molecule has 1 amide bonds. The zero-order chi connectivity index (χ0) is 14.5. The van der Waals surface area contributed by atoms with Crippen molar-refractivity contribution in [2.75, 3.05) is 6.26 Å². The molecular formula is C15H16N2OS2. The Bertz CT molecular complexity index is 649. The minimum atomic E-state index is -0.159. The summed E-state index contributed by atoms with van der Waals surface area (Å²) in [4.78, 5) is 16.2. The maximum atomic E-state index is 12.2. The first-order valence-electron chi connectivity index (χ1n) is 6.24. The van der Waals surface area contributed by atoms with Crippen LogP contribution < -0.4 is 5.32 Å². The molecule has 0 aliphatic carbocycles. The predicted molar refractivity (Wildman–Crippen MR) is 85.7 cm³/mol. The number of aromatic nitrogens is 1. The largest absolute Gasteiger partial charge is 0.352 e. The molecule has 2 aromatic rings. The van der Waals surface area contributed by atoms with Gasteiger partial charge in [0.15, 0.2) is 0 Å². The first kappa shape index (κ1) is 14.8. The molecule has 1 heterocycles. The third kappa shape index (κ3) is 3.49. The highest BCUT2D eigenvalue weighted by Crippen LogP contribution is 2.19. The molecule has 0 bridgehead atoms. The first-order valence-corrected chi connectivity index (χ1v) is 7.87. The zero-order valence-electron chi connectivity index (χ0n) is 11.3. The molecule has 1 unspecified atom stereocenters. The summed E-state index contributed by atoms with van der Waals surface area (Å²) in [6.45, 7) is 1.96. The molecule has 1 atom stereocenters. The van der Waals surface area contributed by atoms with Gasteiger partial charge in [-0.3, -0.25) is 4.79 Å². The molecule has 0 aliphatic rings. The lowest BCUT2D eigenvalue weighted by Gasteiger charge is -2.14. The summed E-state index contributed by atoms with van der Waals surface area (Å²) in [6, 6.07) is 11.6. The molecule has 2 rings (SSSR count). The summed E-state index contributed by atoms with van der Waals surface area (Å²) in [5, 5.41) is 2.96. The fourth-order valence-corrected chi connectivity index (χ4v) is 2.49. The van der Waals surface area contributed by atoms with Crippen molar-refractivity contribution in [2.45, 2.75) is 17.9 Å². The smallest absolute Gasteiger partial charge is 0.254 e. The van der Waals surface area contributed by atoms with Crippen molar-refractivity contribution < 1.29 is 4.79 Å². The summed E-state index contributed by atoms with van der Waals surface area (Å²) in [7, 11) is 0. The van der Waals surface area contributed by atoms with Gasteiger partial charge in [-0.15, -0.1) is 11.8 Å². The van der Waals surface area contributed by atoms with E-state index in [0.717, 1.165) is 5.56 Å². The number of aromatic amines is 1. The Morgan fingerprint density at radius 2 is 2.00 bits per heavy atom. The van der Waals surface area contributed by atoms with Gasteiger partial charge in [-0.2, -0.15) is 0 Å². The van der Waals surface area contributed by atoms with Crippen molar-refractivity contribution in [1.29, 1.82) is 0 Å². The van der Waals surface area contributed by atoms with Crippen LogP contribution in [-0.2, 0) is 0 Å². The van der Waals surface area contributed by atoms with E-state index in [2.05, 4.69) is 22.4 Å². The van der Waals surface area contributed by atoms with Crippen molar-refractivity contribution in [3.05, 3.63) is 58.4 Å². The highest BCUT2D eigenvalue weighted by molar-refractivity contribution is 7.98. The number of carbonyl (C=O) groups excluding carboxylic acids is 1. The number of amides is 1. The van der Waals surface area contributed by atoms with E-state index in [1.54, 1.807) is 30.1 Å². The number of nitrogens with one attached hydrogen (secondary N) is 2. The lowest BCUT2D eigenvalue weighted by molar-refractivity contribution is 0.0939. The van der Waals surface area contributed by atoms with Crippen LogP contribution in [0.5, 0.6) is 0 Å². The van der Waals surface area contributed by atoms with E-state index >= 15 is 0 Å². The molecule has 5 heteroatoms. The van der Waals surface area contributed by atoms with Gasteiger partial charge in [-0.05, 0) is 43.0 Å². The van der Waals surface area contributed by atoms with Crippen LogP contribution in [0.15, 0.2) is 47.5 Å². The van der Waals surface area contributed by atoms with Gasteiger partial charge in [0.05, 0.1) is 11.6 Å². The van der Waals surface area contributed by atoms with Gasteiger partial charge in [0.2, 0.25) is 0 Å². The average Bonchev–Trinajstić information content (AvgIpc) is 2.47. The minimum Gasteiger partial charge on any atom is -0.352 e. The molecule has 1 aromatic carbocycles. The first-order chi connectivity index (χ1) is 9.61. The zero-order valence-corrected chi connectivity index (χ0v) is 13.0.